The number of benzene rings is 1. The van der Waals surface area contributed by atoms with E-state index in [-0.39, 0.29) is 11.9 Å². The fourth-order valence-electron chi connectivity index (χ4n) is 2.21. The molecular weight excluding hydrogens is 337 g/mol. The highest BCUT2D eigenvalue weighted by Crippen LogP contribution is 2.29. The van der Waals surface area contributed by atoms with Crippen LogP contribution in [0.2, 0.25) is 0 Å². The number of aryl methyl sites for hydroxylation is 1. The Kier molecular flexibility index (Phi) is 5.75. The van der Waals surface area contributed by atoms with Crippen LogP contribution < -0.4 is 5.32 Å². The van der Waals surface area contributed by atoms with E-state index >= 15 is 0 Å². The van der Waals surface area contributed by atoms with E-state index in [9.17, 15) is 4.39 Å². The minimum atomic E-state index is -0.0891. The number of halogens is 2. The maximum atomic E-state index is 14.4. The highest BCUT2D eigenvalue weighted by Gasteiger charge is 2.18. The fraction of sp³-hybridized carbons (Fsp3) is 0.375. The predicted molar refractivity (Wildman–Crippen MR) is 87.9 cm³/mol. The Hall–Kier alpha value is -0.710. The van der Waals surface area contributed by atoms with E-state index in [1.807, 2.05) is 31.2 Å². The third-order valence-corrected chi connectivity index (χ3v) is 5.27. The number of rotatable bonds is 6. The van der Waals surface area contributed by atoms with Gasteiger partial charge in [0.2, 0.25) is 0 Å². The summed E-state index contributed by atoms with van der Waals surface area (Å²) in [7, 11) is 0. The summed E-state index contributed by atoms with van der Waals surface area (Å²) in [6.45, 7) is 4.83. The number of thiophene rings is 1. The molecule has 1 aromatic carbocycles. The number of nitrogens with one attached hydrogen (secondary N) is 1. The van der Waals surface area contributed by atoms with Crippen LogP contribution in [0.25, 0.3) is 0 Å². The highest BCUT2D eigenvalue weighted by atomic mass is 79.9. The van der Waals surface area contributed by atoms with Crippen molar-refractivity contribution in [1.29, 1.82) is 0 Å². The van der Waals surface area contributed by atoms with Gasteiger partial charge in [0.05, 0.1) is 0 Å². The molecule has 1 unspecified atom stereocenters. The zero-order valence-corrected chi connectivity index (χ0v) is 14.2. The topological polar surface area (TPSA) is 12.0 Å². The van der Waals surface area contributed by atoms with Crippen LogP contribution >= 0.6 is 27.3 Å². The lowest BCUT2D eigenvalue weighted by Gasteiger charge is -2.20. The third-order valence-electron chi connectivity index (χ3n) is 3.32. The largest absolute Gasteiger partial charge is 0.310 e. The van der Waals surface area contributed by atoms with Crippen LogP contribution in [0.4, 0.5) is 4.39 Å². The molecule has 0 spiro atoms. The second kappa shape index (κ2) is 7.34. The van der Waals surface area contributed by atoms with Gasteiger partial charge >= 0.3 is 0 Å². The average Bonchev–Trinajstić information content (AvgIpc) is 2.83. The Morgan fingerprint density at radius 3 is 2.80 bits per heavy atom. The molecule has 2 rings (SSSR count). The van der Waals surface area contributed by atoms with Crippen molar-refractivity contribution in [3.8, 4) is 0 Å². The van der Waals surface area contributed by atoms with Crippen molar-refractivity contribution >= 4 is 27.3 Å². The number of hydrogen-bond donors (Lipinski definition) is 1. The maximum absolute atomic E-state index is 14.4. The van der Waals surface area contributed by atoms with Crippen LogP contribution in [0.1, 0.15) is 35.4 Å². The molecule has 108 valence electrons. The van der Waals surface area contributed by atoms with Gasteiger partial charge in [-0.2, -0.15) is 0 Å². The normalized spacial score (nSPS) is 12.6. The van der Waals surface area contributed by atoms with E-state index in [0.29, 0.717) is 5.56 Å². The average molecular weight is 356 g/mol. The Labute approximate surface area is 132 Å². The monoisotopic (exact) mass is 355 g/mol. The zero-order chi connectivity index (χ0) is 14.5. The molecule has 0 aliphatic heterocycles. The molecule has 0 aliphatic carbocycles. The maximum Gasteiger partial charge on any atom is 0.130 e. The van der Waals surface area contributed by atoms with Gasteiger partial charge in [0.15, 0.2) is 0 Å². The molecule has 20 heavy (non-hydrogen) atoms. The highest BCUT2D eigenvalue weighted by molar-refractivity contribution is 9.10. The van der Waals surface area contributed by atoms with Gasteiger partial charge in [-0.15, -0.1) is 11.3 Å². The molecule has 0 saturated carbocycles. The van der Waals surface area contributed by atoms with E-state index in [2.05, 4.69) is 33.6 Å². The Balaban J connectivity index is 2.27. The molecule has 1 aromatic heterocycles. The first-order valence-electron chi connectivity index (χ1n) is 6.83. The lowest BCUT2D eigenvalue weighted by atomic mass is 10.00. The molecule has 4 heteroatoms. The molecule has 2 aromatic rings. The second-order valence-electron chi connectivity index (χ2n) is 4.88. The molecule has 0 saturated heterocycles. The Morgan fingerprint density at radius 1 is 1.35 bits per heavy atom. The summed E-state index contributed by atoms with van der Waals surface area (Å²) in [5, 5.41) is 5.52. The van der Waals surface area contributed by atoms with Gasteiger partial charge in [0.1, 0.15) is 5.82 Å². The van der Waals surface area contributed by atoms with E-state index in [1.165, 1.54) is 4.88 Å². The van der Waals surface area contributed by atoms with Crippen LogP contribution in [0.5, 0.6) is 0 Å². The first kappa shape index (κ1) is 15.7. The van der Waals surface area contributed by atoms with Crippen LogP contribution in [0.3, 0.4) is 0 Å². The Morgan fingerprint density at radius 2 is 2.15 bits per heavy atom. The van der Waals surface area contributed by atoms with E-state index in [4.69, 9.17) is 0 Å². The fourth-order valence-corrected chi connectivity index (χ4v) is 3.77. The standard InChI is InChI=1S/C16H19BrFNS/c1-3-8-19-14(10-15-13(17)7-9-20-15)12-6-4-5-11(2)16(12)18/h4-7,9,14,19H,3,8,10H2,1-2H3. The molecule has 1 heterocycles. The van der Waals surface area contributed by atoms with Gasteiger partial charge in [0.25, 0.3) is 0 Å². The number of hydrogen-bond acceptors (Lipinski definition) is 2. The lowest BCUT2D eigenvalue weighted by molar-refractivity contribution is 0.496. The molecule has 1 N–H and O–H groups in total. The molecule has 1 nitrogen and oxygen atoms in total. The minimum absolute atomic E-state index is 0.0183. The van der Waals surface area contributed by atoms with Gasteiger partial charge in [-0.1, -0.05) is 25.1 Å². The van der Waals surface area contributed by atoms with Crippen LogP contribution in [-0.4, -0.2) is 6.54 Å². The first-order chi connectivity index (χ1) is 9.63. The van der Waals surface area contributed by atoms with Crippen LogP contribution in [0, 0.1) is 12.7 Å². The predicted octanol–water partition coefficient (Wildman–Crippen LogP) is 5.24. The molecule has 0 radical (unpaired) electrons. The van der Waals surface area contributed by atoms with Crippen molar-refractivity contribution in [3.05, 3.63) is 55.9 Å². The van der Waals surface area contributed by atoms with Crippen molar-refractivity contribution < 1.29 is 4.39 Å². The van der Waals surface area contributed by atoms with Crippen molar-refractivity contribution in [2.45, 2.75) is 32.7 Å². The van der Waals surface area contributed by atoms with Crippen LogP contribution in [0.15, 0.2) is 34.1 Å². The summed E-state index contributed by atoms with van der Waals surface area (Å²) in [6.07, 6.45) is 1.84. The van der Waals surface area contributed by atoms with Crippen molar-refractivity contribution in [2.75, 3.05) is 6.54 Å². The zero-order valence-electron chi connectivity index (χ0n) is 11.7. The molecular formula is C16H19BrFNS. The summed E-state index contributed by atoms with van der Waals surface area (Å²) in [5.74, 6) is -0.0891. The molecule has 0 amide bonds. The van der Waals surface area contributed by atoms with Gasteiger partial charge in [-0.25, -0.2) is 4.39 Å². The SMILES string of the molecule is CCCNC(Cc1sccc1Br)c1cccc(C)c1F. The molecule has 0 fully saturated rings. The second-order valence-corrected chi connectivity index (χ2v) is 6.74. The van der Waals surface area contributed by atoms with Gasteiger partial charge in [-0.3, -0.25) is 0 Å². The summed E-state index contributed by atoms with van der Waals surface area (Å²) in [4.78, 5) is 1.25. The summed E-state index contributed by atoms with van der Waals surface area (Å²) in [5.41, 5.74) is 1.47. The molecule has 0 bridgehead atoms. The van der Waals surface area contributed by atoms with E-state index < -0.39 is 0 Å². The van der Waals surface area contributed by atoms with Crippen molar-refractivity contribution in [2.24, 2.45) is 0 Å². The third kappa shape index (κ3) is 3.68. The summed E-state index contributed by atoms with van der Waals surface area (Å²) < 4.78 is 15.5. The molecule has 1 atom stereocenters. The smallest absolute Gasteiger partial charge is 0.130 e. The first-order valence-corrected chi connectivity index (χ1v) is 8.51. The van der Waals surface area contributed by atoms with E-state index in [1.54, 1.807) is 11.3 Å². The van der Waals surface area contributed by atoms with Crippen molar-refractivity contribution in [1.82, 2.24) is 5.32 Å². The van der Waals surface area contributed by atoms with Crippen LogP contribution in [-0.2, 0) is 6.42 Å². The minimum Gasteiger partial charge on any atom is -0.310 e. The quantitative estimate of drug-likeness (QED) is 0.746. The summed E-state index contributed by atoms with van der Waals surface area (Å²) >= 11 is 5.26. The van der Waals surface area contributed by atoms with Gasteiger partial charge in [-0.05, 0) is 52.8 Å². The molecule has 0 aliphatic rings. The Bertz CT molecular complexity index is 567. The van der Waals surface area contributed by atoms with Gasteiger partial charge < -0.3 is 5.32 Å². The van der Waals surface area contributed by atoms with Gasteiger partial charge in [0, 0.05) is 27.4 Å². The van der Waals surface area contributed by atoms with Crippen molar-refractivity contribution in [3.63, 3.8) is 0 Å². The lowest BCUT2D eigenvalue weighted by Crippen LogP contribution is -2.25. The van der Waals surface area contributed by atoms with E-state index in [0.717, 1.165) is 29.4 Å². The summed E-state index contributed by atoms with van der Waals surface area (Å²) in [6, 6.07) is 7.69.